The fraction of sp³-hybridized carbons (Fsp3) is 0.0769. The Morgan fingerprint density at radius 1 is 0.921 bits per heavy atom. The molecule has 0 aliphatic heterocycles. The van der Waals surface area contributed by atoms with E-state index in [9.17, 15) is 21.6 Å². The Kier molecular flexibility index (Phi) is 6.41. The predicted molar refractivity (Wildman–Crippen MR) is 133 cm³/mol. The Hall–Kier alpha value is -4.58. The van der Waals surface area contributed by atoms with Crippen LogP contribution in [0.3, 0.4) is 0 Å². The van der Waals surface area contributed by atoms with Crippen molar-refractivity contribution < 1.29 is 30.6 Å². The summed E-state index contributed by atoms with van der Waals surface area (Å²) in [6.07, 6.45) is -0.941. The maximum absolute atomic E-state index is 12.8. The third-order valence-corrected chi connectivity index (χ3v) is 6.88. The van der Waals surface area contributed by atoms with Crippen molar-refractivity contribution in [3.05, 3.63) is 103 Å². The molecule has 5 rings (SSSR count). The number of anilines is 2. The van der Waals surface area contributed by atoms with Crippen LogP contribution in [-0.4, -0.2) is 23.4 Å². The van der Waals surface area contributed by atoms with Gasteiger partial charge < -0.3 is 5.32 Å². The van der Waals surface area contributed by atoms with Crippen LogP contribution in [0.2, 0.25) is 0 Å². The van der Waals surface area contributed by atoms with E-state index in [-0.39, 0.29) is 10.7 Å². The third kappa shape index (κ3) is 5.11. The van der Waals surface area contributed by atoms with Crippen molar-refractivity contribution in [3.8, 4) is 11.3 Å². The zero-order valence-corrected chi connectivity index (χ0v) is 20.5. The summed E-state index contributed by atoms with van der Waals surface area (Å²) in [4.78, 5) is 12.4. The summed E-state index contributed by atoms with van der Waals surface area (Å²) in [5.41, 5.74) is 1.39. The number of benzene rings is 2. The lowest BCUT2D eigenvalue weighted by atomic mass is 10.0. The topological polar surface area (TPSA) is 97.9 Å². The lowest BCUT2D eigenvalue weighted by Gasteiger charge is -2.12. The van der Waals surface area contributed by atoms with E-state index in [0.29, 0.717) is 28.2 Å². The highest BCUT2D eigenvalue weighted by atomic mass is 32.2. The Labute approximate surface area is 215 Å². The zero-order chi connectivity index (χ0) is 26.9. The number of aromatic nitrogens is 4. The smallest absolute Gasteiger partial charge is 0.325 e. The van der Waals surface area contributed by atoms with Crippen molar-refractivity contribution in [2.45, 2.75) is 18.0 Å². The number of halogens is 3. The number of nitrogens with zero attached hydrogens (tertiary/aromatic N) is 4. The number of alkyl halides is 3. The van der Waals surface area contributed by atoms with Gasteiger partial charge in [0.15, 0.2) is 0 Å². The molecule has 0 amide bonds. The molecule has 1 N–H and O–H groups in total. The Morgan fingerprint density at radius 3 is 2.42 bits per heavy atom. The molecule has 2 aromatic carbocycles. The number of hydrogen-bond acceptors (Lipinski definition) is 7. The minimum absolute atomic E-state index is 0.0138. The molecule has 0 bridgehead atoms. The summed E-state index contributed by atoms with van der Waals surface area (Å²) in [6, 6.07) is 18.8. The first-order chi connectivity index (χ1) is 18.1. The molecule has 12 heteroatoms. The van der Waals surface area contributed by atoms with E-state index >= 15 is 0 Å². The van der Waals surface area contributed by atoms with Crippen LogP contribution >= 0.6 is 0 Å². The van der Waals surface area contributed by atoms with Crippen LogP contribution in [0.1, 0.15) is 11.1 Å². The van der Waals surface area contributed by atoms with Crippen molar-refractivity contribution >= 4 is 32.7 Å². The van der Waals surface area contributed by atoms with Crippen molar-refractivity contribution in [2.24, 2.45) is 0 Å². The summed E-state index contributed by atoms with van der Waals surface area (Å²) < 4.78 is 70.7. The van der Waals surface area contributed by atoms with Crippen LogP contribution in [0.4, 0.5) is 24.8 Å². The van der Waals surface area contributed by atoms with Gasteiger partial charge in [-0.25, -0.2) is 15.0 Å². The molecule has 0 aliphatic rings. The number of nitrogens with one attached hydrogen (secondary N) is 1. The van der Waals surface area contributed by atoms with E-state index in [1.807, 2.05) is 12.1 Å². The van der Waals surface area contributed by atoms with Gasteiger partial charge in [0.1, 0.15) is 22.9 Å². The van der Waals surface area contributed by atoms with E-state index in [2.05, 4.69) is 20.3 Å². The van der Waals surface area contributed by atoms with E-state index in [4.69, 9.17) is 4.28 Å². The molecule has 8 nitrogen and oxygen atoms in total. The summed E-state index contributed by atoms with van der Waals surface area (Å²) in [7, 11) is -4.09. The molecule has 0 aliphatic carbocycles. The van der Waals surface area contributed by atoms with Gasteiger partial charge >= 0.3 is 16.3 Å². The lowest BCUT2D eigenvalue weighted by molar-refractivity contribution is -0.835. The highest BCUT2D eigenvalue weighted by Crippen LogP contribution is 2.31. The molecule has 5 aromatic rings. The van der Waals surface area contributed by atoms with Crippen molar-refractivity contribution in [1.82, 2.24) is 15.0 Å². The molecule has 0 fully saturated rings. The van der Waals surface area contributed by atoms with Crippen LogP contribution in [0.5, 0.6) is 0 Å². The van der Waals surface area contributed by atoms with Crippen molar-refractivity contribution in [3.63, 3.8) is 0 Å². The van der Waals surface area contributed by atoms with E-state index in [1.165, 1.54) is 35.5 Å². The number of hydrogen-bond donors (Lipinski definition) is 1. The van der Waals surface area contributed by atoms with E-state index in [1.54, 1.807) is 43.3 Å². The van der Waals surface area contributed by atoms with Gasteiger partial charge in [0.05, 0.1) is 16.6 Å². The van der Waals surface area contributed by atoms with Gasteiger partial charge in [-0.1, -0.05) is 24.3 Å². The molecular formula is C26H19F3N5O3S+. The second kappa shape index (κ2) is 9.71. The summed E-state index contributed by atoms with van der Waals surface area (Å²) in [6.45, 7) is 1.75. The molecule has 0 saturated heterocycles. The first-order valence-electron chi connectivity index (χ1n) is 11.2. The minimum atomic E-state index is -4.49. The maximum Gasteiger partial charge on any atom is 0.417 e. The molecule has 0 spiro atoms. The fourth-order valence-corrected chi connectivity index (χ4v) is 4.67. The Balaban J connectivity index is 1.49. The molecule has 0 saturated carbocycles. The van der Waals surface area contributed by atoms with Gasteiger partial charge in [-0.15, -0.1) is 4.28 Å². The van der Waals surface area contributed by atoms with E-state index < -0.39 is 21.9 Å². The molecule has 3 aromatic heterocycles. The molecular weight excluding hydrogens is 519 g/mol. The van der Waals surface area contributed by atoms with Gasteiger partial charge in [-0.3, -0.25) is 0 Å². The molecule has 0 unspecified atom stereocenters. The van der Waals surface area contributed by atoms with Gasteiger partial charge in [0, 0.05) is 34.2 Å². The number of rotatable bonds is 6. The molecule has 3 heterocycles. The standard InChI is InChI=1S/C26H19F3N5O3S/c1-17-24(31-16-32-25(17)33-23-12-11-20(15-30-23)26(27,28)29)19-10-9-18-6-5-13-34(22(18)14-19)37-38(35,36)21-7-3-2-4-8-21/h2-16H,1H3,(H,30,31,32,33)/q+1. The van der Waals surface area contributed by atoms with Crippen LogP contribution in [0.25, 0.3) is 22.2 Å². The zero-order valence-electron chi connectivity index (χ0n) is 19.7. The van der Waals surface area contributed by atoms with Crippen LogP contribution in [0.15, 0.2) is 96.4 Å². The number of fused-ring (bicyclic) bond motifs is 1. The van der Waals surface area contributed by atoms with Crippen molar-refractivity contribution in [2.75, 3.05) is 5.32 Å². The first-order valence-corrected chi connectivity index (χ1v) is 12.6. The quantitative estimate of drug-likeness (QED) is 0.308. The van der Waals surface area contributed by atoms with Crippen molar-refractivity contribution in [1.29, 1.82) is 0 Å². The average molecular weight is 539 g/mol. The fourth-order valence-electron chi connectivity index (χ4n) is 3.75. The highest BCUT2D eigenvalue weighted by molar-refractivity contribution is 7.86. The monoisotopic (exact) mass is 538 g/mol. The number of pyridine rings is 2. The SMILES string of the molecule is Cc1c(Nc2ccc(C(F)(F)F)cn2)ncnc1-c1ccc2ccc[n+](OS(=O)(=O)c3ccccc3)c2c1. The highest BCUT2D eigenvalue weighted by Gasteiger charge is 2.30. The first kappa shape index (κ1) is 25.1. The van der Waals surface area contributed by atoms with Gasteiger partial charge in [-0.05, 0) is 43.3 Å². The second-order valence-electron chi connectivity index (χ2n) is 8.20. The second-order valence-corrected chi connectivity index (χ2v) is 9.73. The molecule has 0 radical (unpaired) electrons. The molecule has 38 heavy (non-hydrogen) atoms. The summed E-state index contributed by atoms with van der Waals surface area (Å²) in [5.74, 6) is 0.535. The Morgan fingerprint density at radius 2 is 1.71 bits per heavy atom. The third-order valence-electron chi connectivity index (χ3n) is 5.67. The van der Waals surface area contributed by atoms with Crippen LogP contribution in [0, 0.1) is 6.92 Å². The van der Waals surface area contributed by atoms with Gasteiger partial charge in [0.25, 0.3) is 5.52 Å². The lowest BCUT2D eigenvalue weighted by Crippen LogP contribution is -2.45. The maximum atomic E-state index is 12.8. The van der Waals surface area contributed by atoms with Crippen LogP contribution in [-0.2, 0) is 16.3 Å². The van der Waals surface area contributed by atoms with E-state index in [0.717, 1.165) is 17.6 Å². The van der Waals surface area contributed by atoms with Gasteiger partial charge in [0.2, 0.25) is 6.20 Å². The van der Waals surface area contributed by atoms with Gasteiger partial charge in [-0.2, -0.15) is 21.6 Å². The summed E-state index contributed by atoms with van der Waals surface area (Å²) >= 11 is 0. The normalized spacial score (nSPS) is 11.9. The summed E-state index contributed by atoms with van der Waals surface area (Å²) in [5, 5.41) is 3.64. The molecule has 192 valence electrons. The largest absolute Gasteiger partial charge is 0.417 e. The predicted octanol–water partition coefficient (Wildman–Crippen LogP) is 4.87. The van der Waals surface area contributed by atoms with Crippen LogP contribution < -0.4 is 14.3 Å². The molecule has 0 atom stereocenters. The average Bonchev–Trinajstić information content (AvgIpc) is 2.90. The Bertz CT molecular complexity index is 1730. The minimum Gasteiger partial charge on any atom is -0.325 e.